The van der Waals surface area contributed by atoms with Crippen LogP contribution in [0.2, 0.25) is 0 Å². The maximum atomic E-state index is 12.9. The smallest absolute Gasteiger partial charge is 0.261 e. The molecule has 0 aliphatic rings. The van der Waals surface area contributed by atoms with Crippen LogP contribution in [0.25, 0.3) is 0 Å². The predicted octanol–water partition coefficient (Wildman–Crippen LogP) is 3.92. The molecule has 150 valence electrons. The largest absolute Gasteiger partial charge is 0.484 e. The monoisotopic (exact) mass is 494 g/mol. The summed E-state index contributed by atoms with van der Waals surface area (Å²) < 4.78 is 6.74. The first-order valence-electron chi connectivity index (χ1n) is 9.41. The zero-order chi connectivity index (χ0) is 20.5. The number of hydrogen-bond donors (Lipinski definition) is 1. The van der Waals surface area contributed by atoms with Gasteiger partial charge >= 0.3 is 0 Å². The lowest BCUT2D eigenvalue weighted by molar-refractivity contribution is -0.142. The fourth-order valence-corrected chi connectivity index (χ4v) is 2.99. The third-order valence-electron chi connectivity index (χ3n) is 4.37. The van der Waals surface area contributed by atoms with Gasteiger partial charge in [-0.05, 0) is 72.7 Å². The molecule has 2 aromatic carbocycles. The van der Waals surface area contributed by atoms with Gasteiger partial charge in [0.15, 0.2) is 6.61 Å². The minimum absolute atomic E-state index is 0.113. The van der Waals surface area contributed by atoms with E-state index in [0.717, 1.165) is 21.1 Å². The Morgan fingerprint density at radius 1 is 1.11 bits per heavy atom. The molecule has 0 aromatic heterocycles. The zero-order valence-electron chi connectivity index (χ0n) is 16.6. The van der Waals surface area contributed by atoms with Gasteiger partial charge in [0.1, 0.15) is 11.8 Å². The predicted molar refractivity (Wildman–Crippen MR) is 119 cm³/mol. The van der Waals surface area contributed by atoms with Crippen molar-refractivity contribution in [3.8, 4) is 5.75 Å². The molecule has 0 fully saturated rings. The van der Waals surface area contributed by atoms with Crippen molar-refractivity contribution >= 4 is 34.4 Å². The SMILES string of the molecule is CCCNC(=O)[C@@H](C)N(Cc1ccc(C)cc1)C(=O)COc1ccc(I)cc1. The van der Waals surface area contributed by atoms with Gasteiger partial charge < -0.3 is 15.0 Å². The zero-order valence-corrected chi connectivity index (χ0v) is 18.7. The Hall–Kier alpha value is -2.09. The van der Waals surface area contributed by atoms with Gasteiger partial charge in [-0.25, -0.2) is 0 Å². The van der Waals surface area contributed by atoms with E-state index in [1.54, 1.807) is 11.8 Å². The van der Waals surface area contributed by atoms with Crippen molar-refractivity contribution < 1.29 is 14.3 Å². The highest BCUT2D eigenvalue weighted by atomic mass is 127. The third kappa shape index (κ3) is 6.82. The molecular weight excluding hydrogens is 467 g/mol. The lowest BCUT2D eigenvalue weighted by Crippen LogP contribution is -2.49. The standard InChI is InChI=1S/C22H27IN2O3/c1-4-13-24-22(27)17(3)25(14-18-7-5-16(2)6-8-18)21(26)15-28-20-11-9-19(23)10-12-20/h5-12,17H,4,13-15H2,1-3H3,(H,24,27)/t17-/m1/s1. The Morgan fingerprint density at radius 2 is 1.75 bits per heavy atom. The molecule has 0 aliphatic heterocycles. The Morgan fingerprint density at radius 3 is 2.36 bits per heavy atom. The number of benzene rings is 2. The summed E-state index contributed by atoms with van der Waals surface area (Å²) in [7, 11) is 0. The maximum Gasteiger partial charge on any atom is 0.261 e. The van der Waals surface area contributed by atoms with E-state index in [2.05, 4.69) is 27.9 Å². The van der Waals surface area contributed by atoms with E-state index in [1.807, 2.05) is 62.4 Å². The minimum atomic E-state index is -0.583. The van der Waals surface area contributed by atoms with Gasteiger partial charge in [0.2, 0.25) is 5.91 Å². The second kappa shape index (κ2) is 11.0. The highest BCUT2D eigenvalue weighted by Crippen LogP contribution is 2.15. The fraction of sp³-hybridized carbons (Fsp3) is 0.364. The fourth-order valence-electron chi connectivity index (χ4n) is 2.63. The quantitative estimate of drug-likeness (QED) is 0.538. The van der Waals surface area contributed by atoms with Crippen LogP contribution in [0, 0.1) is 10.5 Å². The third-order valence-corrected chi connectivity index (χ3v) is 5.09. The Kier molecular flexibility index (Phi) is 8.76. The second-order valence-corrected chi connectivity index (χ2v) is 7.96. The summed E-state index contributed by atoms with van der Waals surface area (Å²) in [5.74, 6) is 0.252. The number of nitrogens with zero attached hydrogens (tertiary/aromatic N) is 1. The molecule has 0 radical (unpaired) electrons. The second-order valence-electron chi connectivity index (χ2n) is 6.72. The number of halogens is 1. The number of ether oxygens (including phenoxy) is 1. The highest BCUT2D eigenvalue weighted by molar-refractivity contribution is 14.1. The molecule has 0 unspecified atom stereocenters. The molecule has 1 atom stereocenters. The van der Waals surface area contributed by atoms with Gasteiger partial charge in [-0.2, -0.15) is 0 Å². The van der Waals surface area contributed by atoms with Crippen LogP contribution in [0.15, 0.2) is 48.5 Å². The number of aryl methyl sites for hydroxylation is 1. The van der Waals surface area contributed by atoms with Crippen LogP contribution in [0.4, 0.5) is 0 Å². The number of carbonyl (C=O) groups excluding carboxylic acids is 2. The van der Waals surface area contributed by atoms with Crippen LogP contribution in [0.1, 0.15) is 31.4 Å². The Bertz CT molecular complexity index is 775. The maximum absolute atomic E-state index is 12.9. The summed E-state index contributed by atoms with van der Waals surface area (Å²) in [6.45, 7) is 6.60. The number of hydrogen-bond acceptors (Lipinski definition) is 3. The average molecular weight is 494 g/mol. The van der Waals surface area contributed by atoms with E-state index in [4.69, 9.17) is 4.74 Å². The molecule has 2 aromatic rings. The van der Waals surface area contributed by atoms with Crippen molar-refractivity contribution in [3.63, 3.8) is 0 Å². The van der Waals surface area contributed by atoms with Crippen LogP contribution >= 0.6 is 22.6 Å². The Labute approximate surface area is 180 Å². The van der Waals surface area contributed by atoms with Crippen molar-refractivity contribution in [2.24, 2.45) is 0 Å². The van der Waals surface area contributed by atoms with Gasteiger partial charge in [0, 0.05) is 16.7 Å². The van der Waals surface area contributed by atoms with Crippen molar-refractivity contribution in [1.29, 1.82) is 0 Å². The number of rotatable bonds is 9. The average Bonchev–Trinajstić information content (AvgIpc) is 2.70. The molecule has 0 bridgehead atoms. The number of amides is 2. The summed E-state index contributed by atoms with van der Waals surface area (Å²) in [5, 5.41) is 2.87. The normalized spacial score (nSPS) is 11.6. The number of nitrogens with one attached hydrogen (secondary N) is 1. The van der Waals surface area contributed by atoms with Crippen LogP contribution in [-0.4, -0.2) is 35.9 Å². The summed E-state index contributed by atoms with van der Waals surface area (Å²) >= 11 is 2.22. The molecule has 5 nitrogen and oxygen atoms in total. The van der Waals surface area contributed by atoms with Gasteiger partial charge in [-0.1, -0.05) is 36.8 Å². The van der Waals surface area contributed by atoms with E-state index < -0.39 is 6.04 Å². The molecule has 2 amide bonds. The number of carbonyl (C=O) groups is 2. The van der Waals surface area contributed by atoms with Crippen LogP contribution < -0.4 is 10.1 Å². The Balaban J connectivity index is 2.10. The van der Waals surface area contributed by atoms with E-state index in [-0.39, 0.29) is 18.4 Å². The van der Waals surface area contributed by atoms with Crippen LogP contribution in [0.3, 0.4) is 0 Å². The molecule has 0 aliphatic carbocycles. The van der Waals surface area contributed by atoms with Gasteiger partial charge in [0.25, 0.3) is 5.91 Å². The molecular formula is C22H27IN2O3. The first kappa shape index (κ1) is 22.2. The summed E-state index contributed by atoms with van der Waals surface area (Å²) in [4.78, 5) is 26.9. The lowest BCUT2D eigenvalue weighted by Gasteiger charge is -2.28. The van der Waals surface area contributed by atoms with Crippen molar-refractivity contribution in [1.82, 2.24) is 10.2 Å². The van der Waals surface area contributed by atoms with E-state index >= 15 is 0 Å². The topological polar surface area (TPSA) is 58.6 Å². The van der Waals surface area contributed by atoms with E-state index in [1.165, 1.54) is 0 Å². The van der Waals surface area contributed by atoms with Crippen molar-refractivity contribution in [3.05, 3.63) is 63.2 Å². The molecule has 0 spiro atoms. The first-order chi connectivity index (χ1) is 13.4. The summed E-state index contributed by atoms with van der Waals surface area (Å²) in [6.07, 6.45) is 0.848. The molecule has 0 saturated heterocycles. The molecule has 6 heteroatoms. The molecule has 28 heavy (non-hydrogen) atoms. The lowest BCUT2D eigenvalue weighted by atomic mass is 10.1. The van der Waals surface area contributed by atoms with Crippen molar-refractivity contribution in [2.45, 2.75) is 39.8 Å². The molecule has 0 saturated carbocycles. The highest BCUT2D eigenvalue weighted by Gasteiger charge is 2.26. The summed E-state index contributed by atoms with van der Waals surface area (Å²) in [6, 6.07) is 14.9. The van der Waals surface area contributed by atoms with Gasteiger partial charge in [0.05, 0.1) is 0 Å². The van der Waals surface area contributed by atoms with E-state index in [9.17, 15) is 9.59 Å². The molecule has 0 heterocycles. The molecule has 2 rings (SSSR count). The van der Waals surface area contributed by atoms with Gasteiger partial charge in [-0.15, -0.1) is 0 Å². The summed E-state index contributed by atoms with van der Waals surface area (Å²) in [5.41, 5.74) is 2.13. The minimum Gasteiger partial charge on any atom is -0.484 e. The van der Waals surface area contributed by atoms with Crippen LogP contribution in [-0.2, 0) is 16.1 Å². The molecule has 1 N–H and O–H groups in total. The van der Waals surface area contributed by atoms with Crippen molar-refractivity contribution in [2.75, 3.05) is 13.2 Å². The van der Waals surface area contributed by atoms with E-state index in [0.29, 0.717) is 18.8 Å². The van der Waals surface area contributed by atoms with Crippen LogP contribution in [0.5, 0.6) is 5.75 Å². The van der Waals surface area contributed by atoms with Gasteiger partial charge in [-0.3, -0.25) is 9.59 Å². The first-order valence-corrected chi connectivity index (χ1v) is 10.5.